The Bertz CT molecular complexity index is 651. The normalized spacial score (nSPS) is 19.9. The van der Waals surface area contributed by atoms with Crippen LogP contribution in [0.5, 0.6) is 5.75 Å². The molecule has 0 unspecified atom stereocenters. The van der Waals surface area contributed by atoms with Gasteiger partial charge in [0, 0.05) is 0 Å². The van der Waals surface area contributed by atoms with Gasteiger partial charge in [-0.3, -0.25) is 0 Å². The van der Waals surface area contributed by atoms with Gasteiger partial charge in [0.25, 0.3) is 0 Å². The van der Waals surface area contributed by atoms with E-state index in [9.17, 15) is 9.90 Å². The number of aliphatic hydroxyl groups is 1. The average Bonchev–Trinajstić information content (AvgIpc) is 3.01. The molecule has 24 heavy (non-hydrogen) atoms. The van der Waals surface area contributed by atoms with Crippen LogP contribution in [0.3, 0.4) is 0 Å². The summed E-state index contributed by atoms with van der Waals surface area (Å²) in [5, 5.41) is 9.89. The van der Waals surface area contributed by atoms with Gasteiger partial charge in [0.1, 0.15) is 12.4 Å². The van der Waals surface area contributed by atoms with Gasteiger partial charge >= 0.3 is 6.16 Å². The smallest absolute Gasteiger partial charge is 0.429 e. The maximum absolute atomic E-state index is 11.7. The van der Waals surface area contributed by atoms with E-state index in [1.165, 1.54) is 0 Å². The van der Waals surface area contributed by atoms with Gasteiger partial charge in [0.15, 0.2) is 0 Å². The molecule has 0 bridgehead atoms. The van der Waals surface area contributed by atoms with E-state index in [-0.39, 0.29) is 12.7 Å². The molecule has 1 fully saturated rings. The zero-order valence-electron chi connectivity index (χ0n) is 13.6. The Morgan fingerprint density at radius 2 is 1.75 bits per heavy atom. The van der Waals surface area contributed by atoms with Crippen LogP contribution in [0.25, 0.3) is 0 Å². The molecule has 0 aliphatic heterocycles. The molecule has 126 valence electrons. The quantitative estimate of drug-likeness (QED) is 0.664. The second-order valence-electron chi connectivity index (χ2n) is 6.23. The Morgan fingerprint density at radius 1 is 1.00 bits per heavy atom. The van der Waals surface area contributed by atoms with Crippen LogP contribution >= 0.6 is 0 Å². The predicted octanol–water partition coefficient (Wildman–Crippen LogP) is 4.11. The summed E-state index contributed by atoms with van der Waals surface area (Å²) in [6.07, 6.45) is 3.04. The van der Waals surface area contributed by atoms with Crippen LogP contribution < -0.4 is 4.74 Å². The van der Waals surface area contributed by atoms with Crippen LogP contribution in [0, 0.1) is 5.92 Å². The van der Waals surface area contributed by atoms with Crippen LogP contribution in [0.4, 0.5) is 4.79 Å². The fourth-order valence-electron chi connectivity index (χ4n) is 3.09. The summed E-state index contributed by atoms with van der Waals surface area (Å²) in [6, 6.07) is 16.9. The van der Waals surface area contributed by atoms with Gasteiger partial charge in [0.05, 0.1) is 6.10 Å². The molecule has 2 atom stereocenters. The lowest BCUT2D eigenvalue weighted by Crippen LogP contribution is -2.15. The van der Waals surface area contributed by atoms with Crippen molar-refractivity contribution in [3.63, 3.8) is 0 Å². The molecule has 4 nitrogen and oxygen atoms in total. The monoisotopic (exact) mass is 326 g/mol. The highest BCUT2D eigenvalue weighted by molar-refractivity contribution is 5.63. The SMILES string of the molecule is O=C(OCc1ccccc1)Oc1ccc(C[C@H]2CCC[C@@H]2O)cc1. The Kier molecular flexibility index (Phi) is 5.49. The van der Waals surface area contributed by atoms with E-state index >= 15 is 0 Å². The van der Waals surface area contributed by atoms with Crippen molar-refractivity contribution in [1.82, 2.24) is 0 Å². The summed E-state index contributed by atoms with van der Waals surface area (Å²) < 4.78 is 10.3. The number of rotatable bonds is 5. The molecule has 1 aliphatic carbocycles. The first-order valence-corrected chi connectivity index (χ1v) is 8.36. The molecular weight excluding hydrogens is 304 g/mol. The second-order valence-corrected chi connectivity index (χ2v) is 6.23. The number of carbonyl (C=O) groups excluding carboxylic acids is 1. The molecule has 3 rings (SSSR count). The molecule has 0 aromatic heterocycles. The molecule has 0 heterocycles. The Balaban J connectivity index is 1.47. The third-order valence-electron chi connectivity index (χ3n) is 4.44. The standard InChI is InChI=1S/C20H22O4/c21-19-8-4-7-17(19)13-15-9-11-18(12-10-15)24-20(22)23-14-16-5-2-1-3-6-16/h1-3,5-6,9-12,17,19,21H,4,7-8,13-14H2/t17-,19+/m1/s1. The zero-order chi connectivity index (χ0) is 16.8. The number of aliphatic hydroxyl groups excluding tert-OH is 1. The summed E-state index contributed by atoms with van der Waals surface area (Å²) in [5.41, 5.74) is 2.06. The van der Waals surface area contributed by atoms with Crippen molar-refractivity contribution in [2.45, 2.75) is 38.4 Å². The third kappa shape index (κ3) is 4.59. The molecule has 0 spiro atoms. The molecule has 2 aromatic carbocycles. The molecule has 1 aliphatic rings. The maximum atomic E-state index is 11.7. The summed E-state index contributed by atoms with van der Waals surface area (Å²) in [6.45, 7) is 0.192. The highest BCUT2D eigenvalue weighted by Gasteiger charge is 2.25. The topological polar surface area (TPSA) is 55.8 Å². The molecule has 1 N–H and O–H groups in total. The largest absolute Gasteiger partial charge is 0.514 e. The summed E-state index contributed by atoms with van der Waals surface area (Å²) in [7, 11) is 0. The zero-order valence-corrected chi connectivity index (χ0v) is 13.6. The van der Waals surface area contributed by atoms with E-state index in [1.54, 1.807) is 12.1 Å². The van der Waals surface area contributed by atoms with E-state index in [0.29, 0.717) is 11.7 Å². The minimum atomic E-state index is -0.710. The van der Waals surface area contributed by atoms with Gasteiger partial charge in [0.2, 0.25) is 0 Å². The van der Waals surface area contributed by atoms with E-state index in [0.717, 1.165) is 36.8 Å². The van der Waals surface area contributed by atoms with Crippen LogP contribution in [-0.4, -0.2) is 17.4 Å². The number of benzene rings is 2. The third-order valence-corrected chi connectivity index (χ3v) is 4.44. The molecule has 4 heteroatoms. The van der Waals surface area contributed by atoms with E-state index in [4.69, 9.17) is 9.47 Å². The fourth-order valence-corrected chi connectivity index (χ4v) is 3.09. The first kappa shape index (κ1) is 16.5. The van der Waals surface area contributed by atoms with Crippen molar-refractivity contribution in [2.75, 3.05) is 0 Å². The summed E-state index contributed by atoms with van der Waals surface area (Å²) in [5.74, 6) is 0.802. The number of carbonyl (C=O) groups is 1. The molecule has 0 amide bonds. The van der Waals surface area contributed by atoms with Gasteiger partial charge in [-0.1, -0.05) is 48.9 Å². The molecule has 2 aromatic rings. The van der Waals surface area contributed by atoms with E-state index in [1.807, 2.05) is 42.5 Å². The van der Waals surface area contributed by atoms with Crippen LogP contribution in [-0.2, 0) is 17.8 Å². The lowest BCUT2D eigenvalue weighted by Gasteiger charge is -2.14. The summed E-state index contributed by atoms with van der Waals surface area (Å²) in [4.78, 5) is 11.7. The minimum Gasteiger partial charge on any atom is -0.429 e. The first-order valence-electron chi connectivity index (χ1n) is 8.36. The lowest BCUT2D eigenvalue weighted by atomic mass is 9.96. The van der Waals surface area contributed by atoms with Crippen LogP contribution in [0.15, 0.2) is 54.6 Å². The highest BCUT2D eigenvalue weighted by atomic mass is 16.7. The van der Waals surface area contributed by atoms with E-state index in [2.05, 4.69) is 0 Å². The highest BCUT2D eigenvalue weighted by Crippen LogP contribution is 2.29. The second kappa shape index (κ2) is 7.97. The van der Waals surface area contributed by atoms with Gasteiger partial charge in [-0.15, -0.1) is 0 Å². The molecular formula is C20H22O4. The van der Waals surface area contributed by atoms with Crippen molar-refractivity contribution >= 4 is 6.16 Å². The maximum Gasteiger partial charge on any atom is 0.514 e. The van der Waals surface area contributed by atoms with Gasteiger partial charge in [-0.05, 0) is 48.4 Å². The summed E-state index contributed by atoms with van der Waals surface area (Å²) >= 11 is 0. The average molecular weight is 326 g/mol. The number of hydrogen-bond acceptors (Lipinski definition) is 4. The van der Waals surface area contributed by atoms with Gasteiger partial charge in [-0.2, -0.15) is 0 Å². The first-order chi connectivity index (χ1) is 11.7. The van der Waals surface area contributed by atoms with Crippen molar-refractivity contribution in [1.29, 1.82) is 0 Å². The Labute approximate surface area is 142 Å². The Morgan fingerprint density at radius 3 is 2.42 bits per heavy atom. The number of hydrogen-bond donors (Lipinski definition) is 1. The predicted molar refractivity (Wildman–Crippen MR) is 90.7 cm³/mol. The molecule has 0 radical (unpaired) electrons. The van der Waals surface area contributed by atoms with Crippen molar-refractivity contribution in [3.8, 4) is 5.75 Å². The van der Waals surface area contributed by atoms with E-state index < -0.39 is 6.16 Å². The van der Waals surface area contributed by atoms with Gasteiger partial charge in [-0.25, -0.2) is 4.79 Å². The number of ether oxygens (including phenoxy) is 2. The Hall–Kier alpha value is -2.33. The minimum absolute atomic E-state index is 0.186. The fraction of sp³-hybridized carbons (Fsp3) is 0.350. The molecule has 0 saturated heterocycles. The lowest BCUT2D eigenvalue weighted by molar-refractivity contribution is 0.0927. The van der Waals surface area contributed by atoms with Crippen molar-refractivity contribution in [3.05, 3.63) is 65.7 Å². The molecule has 1 saturated carbocycles. The van der Waals surface area contributed by atoms with Crippen LogP contribution in [0.2, 0.25) is 0 Å². The van der Waals surface area contributed by atoms with Crippen LogP contribution in [0.1, 0.15) is 30.4 Å². The van der Waals surface area contributed by atoms with Gasteiger partial charge < -0.3 is 14.6 Å². The van der Waals surface area contributed by atoms with Crippen molar-refractivity contribution in [2.24, 2.45) is 5.92 Å². The van der Waals surface area contributed by atoms with Crippen molar-refractivity contribution < 1.29 is 19.4 Å².